The summed E-state index contributed by atoms with van der Waals surface area (Å²) >= 11 is 0. The quantitative estimate of drug-likeness (QED) is 0.875. The minimum absolute atomic E-state index is 0.0187. The fourth-order valence-corrected chi connectivity index (χ4v) is 2.48. The predicted molar refractivity (Wildman–Crippen MR) is 94.0 cm³/mol. The molecular formula is C20H23NO3. The molecule has 1 amide bonds. The van der Waals surface area contributed by atoms with Crippen molar-refractivity contribution in [2.75, 3.05) is 0 Å². The summed E-state index contributed by atoms with van der Waals surface area (Å²) in [4.78, 5) is 23.6. The van der Waals surface area contributed by atoms with E-state index in [-0.39, 0.29) is 17.7 Å². The Morgan fingerprint density at radius 2 is 1.58 bits per heavy atom. The van der Waals surface area contributed by atoms with Gasteiger partial charge in [-0.15, -0.1) is 0 Å². The van der Waals surface area contributed by atoms with Gasteiger partial charge < -0.3 is 10.4 Å². The van der Waals surface area contributed by atoms with E-state index in [1.165, 1.54) is 0 Å². The van der Waals surface area contributed by atoms with E-state index in [4.69, 9.17) is 5.11 Å². The average Bonchev–Trinajstić information content (AvgIpc) is 2.54. The zero-order valence-corrected chi connectivity index (χ0v) is 14.2. The van der Waals surface area contributed by atoms with Crippen molar-refractivity contribution in [2.24, 2.45) is 0 Å². The Hall–Kier alpha value is -2.62. The maximum Gasteiger partial charge on any atom is 0.305 e. The summed E-state index contributed by atoms with van der Waals surface area (Å²) in [5, 5.41) is 11.9. The summed E-state index contributed by atoms with van der Waals surface area (Å²) in [6.07, 6.45) is -0.157. The van der Waals surface area contributed by atoms with Gasteiger partial charge in [-0.05, 0) is 28.7 Å². The van der Waals surface area contributed by atoms with Gasteiger partial charge in [0.2, 0.25) is 0 Å². The second-order valence-electron chi connectivity index (χ2n) is 6.86. The van der Waals surface area contributed by atoms with E-state index < -0.39 is 12.0 Å². The highest BCUT2D eigenvalue weighted by molar-refractivity contribution is 5.94. The highest BCUT2D eigenvalue weighted by Gasteiger charge is 2.19. The van der Waals surface area contributed by atoms with E-state index in [1.54, 1.807) is 12.1 Å². The van der Waals surface area contributed by atoms with E-state index in [0.717, 1.165) is 11.1 Å². The number of carbonyl (C=O) groups is 2. The molecule has 4 nitrogen and oxygen atoms in total. The first-order chi connectivity index (χ1) is 11.3. The molecule has 2 aromatic rings. The number of carboxylic acid groups (broad SMARTS) is 1. The van der Waals surface area contributed by atoms with Crippen LogP contribution in [0, 0.1) is 0 Å². The van der Waals surface area contributed by atoms with E-state index in [2.05, 4.69) is 26.1 Å². The van der Waals surface area contributed by atoms with Gasteiger partial charge in [-0.25, -0.2) is 0 Å². The second kappa shape index (κ2) is 7.30. The largest absolute Gasteiger partial charge is 0.481 e. The highest BCUT2D eigenvalue weighted by Crippen LogP contribution is 2.23. The van der Waals surface area contributed by atoms with Gasteiger partial charge in [0, 0.05) is 5.56 Å². The Bertz CT molecular complexity index is 700. The topological polar surface area (TPSA) is 66.4 Å². The standard InChI is InChI=1S/C20H23NO3/c1-20(2,3)16-11-9-15(10-12-16)19(24)21-17(13-18(22)23)14-7-5-4-6-8-14/h4-12,17H,13H2,1-3H3,(H,21,24)(H,22,23). The monoisotopic (exact) mass is 325 g/mol. The first kappa shape index (κ1) is 17.7. The van der Waals surface area contributed by atoms with Crippen molar-refractivity contribution in [1.82, 2.24) is 5.32 Å². The van der Waals surface area contributed by atoms with Gasteiger partial charge in [0.15, 0.2) is 0 Å². The number of aliphatic carboxylic acids is 1. The van der Waals surface area contributed by atoms with Crippen LogP contribution in [0.4, 0.5) is 0 Å². The summed E-state index contributed by atoms with van der Waals surface area (Å²) in [6.45, 7) is 6.33. The molecule has 0 aliphatic carbocycles. The molecule has 0 saturated heterocycles. The van der Waals surface area contributed by atoms with Crippen molar-refractivity contribution in [3.8, 4) is 0 Å². The fourth-order valence-electron chi connectivity index (χ4n) is 2.48. The molecule has 1 atom stereocenters. The molecule has 0 fully saturated rings. The summed E-state index contributed by atoms with van der Waals surface area (Å²) in [5.74, 6) is -1.22. The first-order valence-corrected chi connectivity index (χ1v) is 7.95. The number of benzene rings is 2. The molecule has 0 saturated carbocycles. The molecule has 4 heteroatoms. The van der Waals surface area contributed by atoms with Crippen LogP contribution in [0.5, 0.6) is 0 Å². The van der Waals surface area contributed by atoms with Crippen molar-refractivity contribution in [2.45, 2.75) is 38.6 Å². The lowest BCUT2D eigenvalue weighted by molar-refractivity contribution is -0.137. The maximum atomic E-state index is 12.5. The zero-order valence-electron chi connectivity index (χ0n) is 14.2. The molecule has 2 N–H and O–H groups in total. The van der Waals surface area contributed by atoms with Gasteiger partial charge in [0.25, 0.3) is 5.91 Å². The van der Waals surface area contributed by atoms with E-state index in [9.17, 15) is 9.59 Å². The van der Waals surface area contributed by atoms with Crippen LogP contribution in [0.1, 0.15) is 54.7 Å². The molecule has 1 unspecified atom stereocenters. The van der Waals surface area contributed by atoms with Crippen LogP contribution in [0.25, 0.3) is 0 Å². The number of hydrogen-bond donors (Lipinski definition) is 2. The summed E-state index contributed by atoms with van der Waals surface area (Å²) in [7, 11) is 0. The van der Waals surface area contributed by atoms with Gasteiger partial charge in [-0.2, -0.15) is 0 Å². The Morgan fingerprint density at radius 1 is 1.00 bits per heavy atom. The van der Waals surface area contributed by atoms with Crippen LogP contribution in [-0.2, 0) is 10.2 Å². The Morgan fingerprint density at radius 3 is 2.08 bits per heavy atom. The molecule has 24 heavy (non-hydrogen) atoms. The highest BCUT2D eigenvalue weighted by atomic mass is 16.4. The van der Waals surface area contributed by atoms with Crippen LogP contribution in [0.2, 0.25) is 0 Å². The number of nitrogens with one attached hydrogen (secondary N) is 1. The van der Waals surface area contributed by atoms with Gasteiger partial charge >= 0.3 is 5.97 Å². The minimum Gasteiger partial charge on any atom is -0.481 e. The molecule has 2 rings (SSSR count). The number of carboxylic acids is 1. The molecule has 126 valence electrons. The third-order valence-corrected chi connectivity index (χ3v) is 3.90. The molecule has 0 aliphatic heterocycles. The van der Waals surface area contributed by atoms with Gasteiger partial charge in [-0.3, -0.25) is 9.59 Å². The molecule has 0 radical (unpaired) electrons. The number of hydrogen-bond acceptors (Lipinski definition) is 2. The first-order valence-electron chi connectivity index (χ1n) is 7.95. The molecule has 2 aromatic carbocycles. The van der Waals surface area contributed by atoms with E-state index in [1.807, 2.05) is 42.5 Å². The van der Waals surface area contributed by atoms with E-state index >= 15 is 0 Å². The van der Waals surface area contributed by atoms with Gasteiger partial charge in [0.05, 0.1) is 12.5 Å². The van der Waals surface area contributed by atoms with Gasteiger partial charge in [-0.1, -0.05) is 63.2 Å². The normalized spacial score (nSPS) is 12.5. The van der Waals surface area contributed by atoms with Crippen LogP contribution in [-0.4, -0.2) is 17.0 Å². The summed E-state index contributed by atoms with van der Waals surface area (Å²) in [5.41, 5.74) is 2.46. The summed E-state index contributed by atoms with van der Waals surface area (Å²) < 4.78 is 0. The molecular weight excluding hydrogens is 302 g/mol. The molecule has 0 spiro atoms. The van der Waals surface area contributed by atoms with Crippen molar-refractivity contribution < 1.29 is 14.7 Å². The SMILES string of the molecule is CC(C)(C)c1ccc(C(=O)NC(CC(=O)O)c2ccccc2)cc1. The van der Waals surface area contributed by atoms with Crippen molar-refractivity contribution in [1.29, 1.82) is 0 Å². The van der Waals surface area contributed by atoms with Crippen molar-refractivity contribution in [3.63, 3.8) is 0 Å². The van der Waals surface area contributed by atoms with Crippen LogP contribution < -0.4 is 5.32 Å². The molecule has 0 heterocycles. The second-order valence-corrected chi connectivity index (χ2v) is 6.86. The molecule has 0 aromatic heterocycles. The zero-order chi connectivity index (χ0) is 17.7. The lowest BCUT2D eigenvalue weighted by Gasteiger charge is -2.20. The van der Waals surface area contributed by atoms with Crippen molar-refractivity contribution >= 4 is 11.9 Å². The Kier molecular flexibility index (Phi) is 5.39. The average molecular weight is 325 g/mol. The lowest BCUT2D eigenvalue weighted by Crippen LogP contribution is -2.30. The van der Waals surface area contributed by atoms with Crippen LogP contribution >= 0.6 is 0 Å². The minimum atomic E-state index is -0.952. The van der Waals surface area contributed by atoms with Gasteiger partial charge in [0.1, 0.15) is 0 Å². The van der Waals surface area contributed by atoms with Crippen molar-refractivity contribution in [3.05, 3.63) is 71.3 Å². The smallest absolute Gasteiger partial charge is 0.305 e. The molecule has 0 aliphatic rings. The molecule has 0 bridgehead atoms. The maximum absolute atomic E-state index is 12.5. The Balaban J connectivity index is 2.17. The number of rotatable bonds is 5. The Labute approximate surface area is 142 Å². The third-order valence-electron chi connectivity index (χ3n) is 3.90. The number of amides is 1. The number of carbonyl (C=O) groups excluding carboxylic acids is 1. The van der Waals surface area contributed by atoms with Crippen LogP contribution in [0.15, 0.2) is 54.6 Å². The fraction of sp³-hybridized carbons (Fsp3) is 0.300. The summed E-state index contributed by atoms with van der Waals surface area (Å²) in [6, 6.07) is 16.0. The predicted octanol–water partition coefficient (Wildman–Crippen LogP) is 3.93. The van der Waals surface area contributed by atoms with E-state index in [0.29, 0.717) is 5.56 Å². The van der Waals surface area contributed by atoms with Crippen LogP contribution in [0.3, 0.4) is 0 Å². The lowest BCUT2D eigenvalue weighted by atomic mass is 9.86. The third kappa shape index (κ3) is 4.69.